The zero-order valence-corrected chi connectivity index (χ0v) is 12.2. The van der Waals surface area contributed by atoms with Crippen LogP contribution < -0.4 is 11.1 Å². The molecule has 0 aromatic heterocycles. The highest BCUT2D eigenvalue weighted by Gasteiger charge is 2.39. The highest BCUT2D eigenvalue weighted by atomic mass is 79.9. The van der Waals surface area contributed by atoms with Crippen molar-refractivity contribution in [3.05, 3.63) is 28.2 Å². The number of amides is 1. The predicted octanol–water partition coefficient (Wildman–Crippen LogP) is 3.22. The summed E-state index contributed by atoms with van der Waals surface area (Å²) >= 11 is 3.44. The number of hydrogen-bond acceptors (Lipinski definition) is 2. The van der Waals surface area contributed by atoms with E-state index in [-0.39, 0.29) is 11.3 Å². The van der Waals surface area contributed by atoms with E-state index in [4.69, 9.17) is 5.73 Å². The van der Waals surface area contributed by atoms with Gasteiger partial charge in [-0.15, -0.1) is 0 Å². The number of rotatable bonds is 3. The third kappa shape index (κ3) is 2.75. The standard InChI is InChI=1S/C14H19BrN2O/c1-10-6-11(15)8-12(7-10)17-13(18)14(9-16)4-2-3-5-14/h6-8H,2-5,9,16H2,1H3,(H,17,18). The van der Waals surface area contributed by atoms with Crippen LogP contribution in [0, 0.1) is 12.3 Å². The smallest absolute Gasteiger partial charge is 0.231 e. The van der Waals surface area contributed by atoms with Gasteiger partial charge < -0.3 is 11.1 Å². The maximum absolute atomic E-state index is 12.4. The van der Waals surface area contributed by atoms with Crippen LogP contribution in [0.1, 0.15) is 31.2 Å². The van der Waals surface area contributed by atoms with Gasteiger partial charge in [0.2, 0.25) is 5.91 Å². The molecule has 1 aliphatic carbocycles. The number of hydrogen-bond donors (Lipinski definition) is 2. The van der Waals surface area contributed by atoms with Crippen molar-refractivity contribution in [1.29, 1.82) is 0 Å². The molecule has 18 heavy (non-hydrogen) atoms. The van der Waals surface area contributed by atoms with Crippen LogP contribution in [0.5, 0.6) is 0 Å². The molecule has 3 nitrogen and oxygen atoms in total. The summed E-state index contributed by atoms with van der Waals surface area (Å²) in [6.07, 6.45) is 4.01. The Morgan fingerprint density at radius 1 is 1.39 bits per heavy atom. The molecule has 0 spiro atoms. The third-order valence-corrected chi connectivity index (χ3v) is 4.19. The van der Waals surface area contributed by atoms with Gasteiger partial charge in [0, 0.05) is 16.7 Å². The molecule has 98 valence electrons. The van der Waals surface area contributed by atoms with E-state index in [1.807, 2.05) is 25.1 Å². The number of benzene rings is 1. The lowest BCUT2D eigenvalue weighted by atomic mass is 9.85. The van der Waals surface area contributed by atoms with Crippen molar-refractivity contribution in [2.24, 2.45) is 11.1 Å². The molecule has 0 atom stereocenters. The van der Waals surface area contributed by atoms with Crippen molar-refractivity contribution in [1.82, 2.24) is 0 Å². The fraction of sp³-hybridized carbons (Fsp3) is 0.500. The Hall–Kier alpha value is -0.870. The molecule has 0 aliphatic heterocycles. The molecule has 1 saturated carbocycles. The van der Waals surface area contributed by atoms with Crippen LogP contribution in [0.4, 0.5) is 5.69 Å². The minimum absolute atomic E-state index is 0.0694. The molecule has 0 heterocycles. The molecular weight excluding hydrogens is 292 g/mol. The number of anilines is 1. The average molecular weight is 311 g/mol. The first kappa shape index (κ1) is 13.6. The Balaban J connectivity index is 2.15. The van der Waals surface area contributed by atoms with Gasteiger partial charge in [-0.1, -0.05) is 28.8 Å². The topological polar surface area (TPSA) is 55.1 Å². The molecule has 2 rings (SSSR count). The van der Waals surface area contributed by atoms with E-state index >= 15 is 0 Å². The number of aryl methyl sites for hydroxylation is 1. The average Bonchev–Trinajstić information content (AvgIpc) is 2.77. The van der Waals surface area contributed by atoms with Crippen molar-refractivity contribution >= 4 is 27.5 Å². The molecule has 1 aliphatic rings. The van der Waals surface area contributed by atoms with Crippen molar-refractivity contribution in [2.75, 3.05) is 11.9 Å². The summed E-state index contributed by atoms with van der Waals surface area (Å²) in [6.45, 7) is 2.44. The number of nitrogens with one attached hydrogen (secondary N) is 1. The summed E-state index contributed by atoms with van der Waals surface area (Å²) in [7, 11) is 0. The Morgan fingerprint density at radius 2 is 2.06 bits per heavy atom. The third-order valence-electron chi connectivity index (χ3n) is 3.73. The lowest BCUT2D eigenvalue weighted by Crippen LogP contribution is -2.40. The van der Waals surface area contributed by atoms with Crippen LogP contribution in [0.2, 0.25) is 0 Å². The lowest BCUT2D eigenvalue weighted by molar-refractivity contribution is -0.124. The minimum atomic E-state index is -0.351. The van der Waals surface area contributed by atoms with Gasteiger partial charge in [-0.05, 0) is 43.5 Å². The van der Waals surface area contributed by atoms with E-state index in [0.29, 0.717) is 6.54 Å². The Labute approximate surface area is 116 Å². The van der Waals surface area contributed by atoms with Gasteiger partial charge in [0.05, 0.1) is 5.41 Å². The summed E-state index contributed by atoms with van der Waals surface area (Å²) in [5.41, 5.74) is 7.42. The van der Waals surface area contributed by atoms with Gasteiger partial charge in [-0.3, -0.25) is 4.79 Å². The molecule has 0 bridgehead atoms. The summed E-state index contributed by atoms with van der Waals surface area (Å²) < 4.78 is 0.978. The van der Waals surface area contributed by atoms with Crippen LogP contribution >= 0.6 is 15.9 Å². The summed E-state index contributed by atoms with van der Waals surface area (Å²) in [4.78, 5) is 12.4. The van der Waals surface area contributed by atoms with E-state index in [1.54, 1.807) is 0 Å². The first-order chi connectivity index (χ1) is 8.55. The number of carbonyl (C=O) groups is 1. The molecule has 0 radical (unpaired) electrons. The van der Waals surface area contributed by atoms with Crippen LogP contribution in [-0.4, -0.2) is 12.5 Å². The van der Waals surface area contributed by atoms with Gasteiger partial charge in [0.15, 0.2) is 0 Å². The summed E-state index contributed by atoms with van der Waals surface area (Å²) in [5.74, 6) is 0.0694. The normalized spacial score (nSPS) is 17.7. The van der Waals surface area contributed by atoms with E-state index < -0.39 is 0 Å². The van der Waals surface area contributed by atoms with E-state index in [2.05, 4.69) is 21.2 Å². The second kappa shape index (κ2) is 5.41. The van der Waals surface area contributed by atoms with Gasteiger partial charge in [-0.25, -0.2) is 0 Å². The number of nitrogens with two attached hydrogens (primary N) is 1. The summed E-state index contributed by atoms with van der Waals surface area (Å²) in [6, 6.07) is 5.91. The maximum atomic E-state index is 12.4. The fourth-order valence-corrected chi connectivity index (χ4v) is 3.26. The molecule has 1 aromatic carbocycles. The molecule has 3 N–H and O–H groups in total. The monoisotopic (exact) mass is 310 g/mol. The molecule has 4 heteroatoms. The van der Waals surface area contributed by atoms with E-state index in [0.717, 1.165) is 41.4 Å². The van der Waals surface area contributed by atoms with Crippen molar-refractivity contribution in [3.8, 4) is 0 Å². The second-order valence-corrected chi connectivity index (χ2v) is 6.08. The molecule has 1 aromatic rings. The number of carbonyl (C=O) groups excluding carboxylic acids is 1. The molecule has 0 unspecified atom stereocenters. The van der Waals surface area contributed by atoms with Gasteiger partial charge in [0.25, 0.3) is 0 Å². The van der Waals surface area contributed by atoms with E-state index in [9.17, 15) is 4.79 Å². The highest BCUT2D eigenvalue weighted by Crippen LogP contribution is 2.38. The quantitative estimate of drug-likeness (QED) is 0.900. The SMILES string of the molecule is Cc1cc(Br)cc(NC(=O)C2(CN)CCCC2)c1. The Kier molecular flexibility index (Phi) is 4.07. The van der Waals surface area contributed by atoms with E-state index in [1.165, 1.54) is 0 Å². The van der Waals surface area contributed by atoms with Gasteiger partial charge >= 0.3 is 0 Å². The van der Waals surface area contributed by atoms with Gasteiger partial charge in [0.1, 0.15) is 0 Å². The maximum Gasteiger partial charge on any atom is 0.231 e. The predicted molar refractivity (Wildman–Crippen MR) is 77.5 cm³/mol. The van der Waals surface area contributed by atoms with Gasteiger partial charge in [-0.2, -0.15) is 0 Å². The van der Waals surface area contributed by atoms with Crippen molar-refractivity contribution < 1.29 is 4.79 Å². The molecule has 0 saturated heterocycles. The zero-order valence-electron chi connectivity index (χ0n) is 10.6. The first-order valence-corrected chi connectivity index (χ1v) is 7.14. The van der Waals surface area contributed by atoms with Crippen molar-refractivity contribution in [3.63, 3.8) is 0 Å². The Morgan fingerprint density at radius 3 is 2.61 bits per heavy atom. The number of halogens is 1. The van der Waals surface area contributed by atoms with Crippen LogP contribution in [0.15, 0.2) is 22.7 Å². The molecule has 1 fully saturated rings. The van der Waals surface area contributed by atoms with Crippen LogP contribution in [0.3, 0.4) is 0 Å². The van der Waals surface area contributed by atoms with Crippen molar-refractivity contribution in [2.45, 2.75) is 32.6 Å². The fourth-order valence-electron chi connectivity index (χ4n) is 2.65. The molecular formula is C14H19BrN2O. The second-order valence-electron chi connectivity index (χ2n) is 5.16. The van der Waals surface area contributed by atoms with Crippen LogP contribution in [-0.2, 0) is 4.79 Å². The lowest BCUT2D eigenvalue weighted by Gasteiger charge is -2.25. The molecule has 1 amide bonds. The first-order valence-electron chi connectivity index (χ1n) is 6.34. The highest BCUT2D eigenvalue weighted by molar-refractivity contribution is 9.10. The van der Waals surface area contributed by atoms with Crippen LogP contribution in [0.25, 0.3) is 0 Å². The largest absolute Gasteiger partial charge is 0.329 e. The summed E-state index contributed by atoms with van der Waals surface area (Å²) in [5, 5.41) is 3.01. The minimum Gasteiger partial charge on any atom is -0.329 e. The Bertz CT molecular complexity index is 433. The zero-order chi connectivity index (χ0) is 13.2.